The van der Waals surface area contributed by atoms with Gasteiger partial charge in [0.25, 0.3) is 5.91 Å². The van der Waals surface area contributed by atoms with Crippen LogP contribution in [0.2, 0.25) is 0 Å². The molecule has 1 fully saturated rings. The summed E-state index contributed by atoms with van der Waals surface area (Å²) in [4.78, 5) is 17.6. The second-order valence-electron chi connectivity index (χ2n) is 6.28. The van der Waals surface area contributed by atoms with Crippen molar-refractivity contribution in [2.45, 2.75) is 24.9 Å². The highest BCUT2D eigenvalue weighted by molar-refractivity contribution is 6.06. The third kappa shape index (κ3) is 2.93. The lowest BCUT2D eigenvalue weighted by Gasteiger charge is -2.31. The number of aromatic amines is 1. The van der Waals surface area contributed by atoms with E-state index in [1.807, 2.05) is 24.3 Å². The molecule has 0 bridgehead atoms. The largest absolute Gasteiger partial charge is 0.470 e. The van der Waals surface area contributed by atoms with E-state index in [9.17, 15) is 18.0 Å². The Balaban J connectivity index is 1.55. The van der Waals surface area contributed by atoms with E-state index in [2.05, 4.69) is 15.2 Å². The van der Waals surface area contributed by atoms with Gasteiger partial charge in [-0.2, -0.15) is 13.2 Å². The standard InChI is InChI=1S/C17H15F3N4O2/c18-17(19,20)16-23-22-14(26-16)10-4-3-7-24(9-10)15(25)12-8-21-13-6-2-1-5-11(12)13/h1-2,5-6,8,10,21H,3-4,7,9H2. The Kier molecular flexibility index (Phi) is 3.93. The molecule has 1 atom stereocenters. The van der Waals surface area contributed by atoms with Crippen molar-refractivity contribution in [2.24, 2.45) is 0 Å². The summed E-state index contributed by atoms with van der Waals surface area (Å²) in [5.41, 5.74) is 1.40. The lowest BCUT2D eigenvalue weighted by Crippen LogP contribution is -2.39. The molecule has 0 aliphatic carbocycles. The van der Waals surface area contributed by atoms with Gasteiger partial charge in [-0.05, 0) is 18.9 Å². The SMILES string of the molecule is O=C(c1c[nH]c2ccccc12)N1CCCC(c2nnc(C(F)(F)F)o2)C1. The van der Waals surface area contributed by atoms with Crippen LogP contribution in [0.25, 0.3) is 10.9 Å². The Labute approximate surface area is 146 Å². The minimum Gasteiger partial charge on any atom is -0.417 e. The molecular formula is C17H15F3N4O2. The van der Waals surface area contributed by atoms with E-state index in [0.717, 1.165) is 10.9 Å². The molecule has 1 amide bonds. The van der Waals surface area contributed by atoms with Crippen molar-refractivity contribution in [1.29, 1.82) is 0 Å². The number of alkyl halides is 3. The molecule has 1 saturated heterocycles. The zero-order valence-electron chi connectivity index (χ0n) is 13.6. The molecule has 26 heavy (non-hydrogen) atoms. The number of aromatic nitrogens is 3. The summed E-state index contributed by atoms with van der Waals surface area (Å²) in [5, 5.41) is 7.42. The number of nitrogens with zero attached hydrogens (tertiary/aromatic N) is 3. The molecule has 0 radical (unpaired) electrons. The summed E-state index contributed by atoms with van der Waals surface area (Å²) in [6.07, 6.45) is -1.76. The van der Waals surface area contributed by atoms with Gasteiger partial charge in [0.05, 0.1) is 11.5 Å². The molecule has 2 aromatic heterocycles. The molecule has 1 N–H and O–H groups in total. The summed E-state index contributed by atoms with van der Waals surface area (Å²) in [7, 11) is 0. The molecule has 0 saturated carbocycles. The molecule has 0 spiro atoms. The van der Waals surface area contributed by atoms with Crippen LogP contribution in [0.3, 0.4) is 0 Å². The highest BCUT2D eigenvalue weighted by Gasteiger charge is 2.39. The summed E-state index contributed by atoms with van der Waals surface area (Å²) in [5.74, 6) is -1.99. The third-order valence-electron chi connectivity index (χ3n) is 4.56. The van der Waals surface area contributed by atoms with Gasteiger partial charge in [0.2, 0.25) is 5.89 Å². The number of likely N-dealkylation sites (tertiary alicyclic amines) is 1. The first-order chi connectivity index (χ1) is 12.4. The van der Waals surface area contributed by atoms with Crippen molar-refractivity contribution in [2.75, 3.05) is 13.1 Å². The Hall–Kier alpha value is -2.84. The smallest absolute Gasteiger partial charge is 0.417 e. The molecule has 1 aromatic carbocycles. The summed E-state index contributed by atoms with van der Waals surface area (Å²) >= 11 is 0. The number of piperidine rings is 1. The maximum Gasteiger partial charge on any atom is 0.470 e. The Morgan fingerprint density at radius 1 is 1.27 bits per heavy atom. The quantitative estimate of drug-likeness (QED) is 0.754. The second kappa shape index (κ2) is 6.15. The van der Waals surface area contributed by atoms with Crippen LogP contribution in [-0.2, 0) is 6.18 Å². The molecule has 1 aliphatic rings. The third-order valence-corrected chi connectivity index (χ3v) is 4.56. The van der Waals surface area contributed by atoms with Crippen LogP contribution in [0.15, 0.2) is 34.9 Å². The number of carbonyl (C=O) groups excluding carboxylic acids is 1. The highest BCUT2D eigenvalue weighted by Crippen LogP contribution is 2.32. The van der Waals surface area contributed by atoms with E-state index >= 15 is 0 Å². The number of carbonyl (C=O) groups is 1. The van der Waals surface area contributed by atoms with Crippen LogP contribution in [0, 0.1) is 0 Å². The van der Waals surface area contributed by atoms with E-state index in [1.165, 1.54) is 0 Å². The van der Waals surface area contributed by atoms with Crippen molar-refractivity contribution in [3.63, 3.8) is 0 Å². The van der Waals surface area contributed by atoms with Gasteiger partial charge in [0.15, 0.2) is 0 Å². The minimum atomic E-state index is -4.67. The van der Waals surface area contributed by atoms with E-state index in [1.54, 1.807) is 11.1 Å². The number of hydrogen-bond acceptors (Lipinski definition) is 4. The number of halogens is 3. The fourth-order valence-corrected chi connectivity index (χ4v) is 3.30. The zero-order valence-corrected chi connectivity index (χ0v) is 13.6. The first-order valence-electron chi connectivity index (χ1n) is 8.19. The zero-order chi connectivity index (χ0) is 18.3. The van der Waals surface area contributed by atoms with Crippen molar-refractivity contribution < 1.29 is 22.4 Å². The monoisotopic (exact) mass is 364 g/mol. The topological polar surface area (TPSA) is 75.0 Å². The van der Waals surface area contributed by atoms with Gasteiger partial charge in [-0.25, -0.2) is 0 Å². The van der Waals surface area contributed by atoms with Gasteiger partial charge < -0.3 is 14.3 Å². The molecular weight excluding hydrogens is 349 g/mol. The van der Waals surface area contributed by atoms with Gasteiger partial charge in [0, 0.05) is 30.2 Å². The molecule has 9 heteroatoms. The minimum absolute atomic E-state index is 0.0752. The van der Waals surface area contributed by atoms with E-state index in [4.69, 9.17) is 4.42 Å². The molecule has 4 rings (SSSR count). The lowest BCUT2D eigenvalue weighted by molar-refractivity contribution is -0.157. The van der Waals surface area contributed by atoms with Crippen LogP contribution in [0.4, 0.5) is 13.2 Å². The second-order valence-corrected chi connectivity index (χ2v) is 6.28. The average molecular weight is 364 g/mol. The number of nitrogens with one attached hydrogen (secondary N) is 1. The predicted molar refractivity (Wildman–Crippen MR) is 85.5 cm³/mol. The van der Waals surface area contributed by atoms with Gasteiger partial charge in [0.1, 0.15) is 0 Å². The summed E-state index contributed by atoms with van der Waals surface area (Å²) < 4.78 is 42.7. The van der Waals surface area contributed by atoms with Crippen LogP contribution < -0.4 is 0 Å². The number of H-pyrrole nitrogens is 1. The van der Waals surface area contributed by atoms with E-state index < -0.39 is 18.0 Å². The molecule has 3 heterocycles. The van der Waals surface area contributed by atoms with Gasteiger partial charge in [-0.1, -0.05) is 18.2 Å². The molecule has 6 nitrogen and oxygen atoms in total. The predicted octanol–water partition coefficient (Wildman–Crippen LogP) is 3.59. The van der Waals surface area contributed by atoms with Gasteiger partial charge in [-0.3, -0.25) is 4.79 Å². The van der Waals surface area contributed by atoms with Crippen LogP contribution in [0.5, 0.6) is 0 Å². The number of fused-ring (bicyclic) bond motifs is 1. The van der Waals surface area contributed by atoms with Crippen molar-refractivity contribution in [3.8, 4) is 0 Å². The van der Waals surface area contributed by atoms with Crippen LogP contribution in [-0.4, -0.2) is 39.1 Å². The summed E-state index contributed by atoms with van der Waals surface area (Å²) in [6, 6.07) is 7.46. The van der Waals surface area contributed by atoms with Crippen LogP contribution in [0.1, 0.15) is 40.9 Å². The van der Waals surface area contributed by atoms with E-state index in [0.29, 0.717) is 24.9 Å². The number of rotatable bonds is 2. The highest BCUT2D eigenvalue weighted by atomic mass is 19.4. The van der Waals surface area contributed by atoms with Crippen molar-refractivity contribution in [1.82, 2.24) is 20.1 Å². The molecule has 136 valence electrons. The first kappa shape index (κ1) is 16.6. The molecule has 1 aliphatic heterocycles. The van der Waals surface area contributed by atoms with Gasteiger partial charge in [-0.15, -0.1) is 10.2 Å². The van der Waals surface area contributed by atoms with Crippen molar-refractivity contribution in [3.05, 3.63) is 47.8 Å². The lowest BCUT2D eigenvalue weighted by atomic mass is 9.97. The number of benzene rings is 1. The Morgan fingerprint density at radius 2 is 2.08 bits per heavy atom. The summed E-state index contributed by atoms with van der Waals surface area (Å²) in [6.45, 7) is 0.785. The number of hydrogen-bond donors (Lipinski definition) is 1. The van der Waals surface area contributed by atoms with Gasteiger partial charge >= 0.3 is 12.1 Å². The van der Waals surface area contributed by atoms with Crippen molar-refractivity contribution >= 4 is 16.8 Å². The molecule has 3 aromatic rings. The van der Waals surface area contributed by atoms with E-state index in [-0.39, 0.29) is 18.3 Å². The Bertz CT molecular complexity index is 947. The maximum atomic E-state index is 12.9. The fraction of sp³-hybridized carbons (Fsp3) is 0.353. The number of amides is 1. The molecule has 1 unspecified atom stereocenters. The fourth-order valence-electron chi connectivity index (χ4n) is 3.30. The maximum absolute atomic E-state index is 12.9. The normalized spacial score (nSPS) is 18.4. The first-order valence-corrected chi connectivity index (χ1v) is 8.19. The van der Waals surface area contributed by atoms with Crippen LogP contribution >= 0.6 is 0 Å². The Morgan fingerprint density at radius 3 is 2.85 bits per heavy atom. The average Bonchev–Trinajstić information content (AvgIpc) is 3.28. The number of para-hydroxylation sites is 1.